The van der Waals surface area contributed by atoms with Gasteiger partial charge in [-0.1, -0.05) is 63.0 Å². The first kappa shape index (κ1) is 13.9. The normalized spacial score (nSPS) is 14.4. The lowest BCUT2D eigenvalue weighted by atomic mass is 10.0. The molecule has 0 N–H and O–H groups in total. The van der Waals surface area contributed by atoms with Crippen LogP contribution >= 0.6 is 31.9 Å². The molecule has 1 rings (SSSR count). The van der Waals surface area contributed by atoms with Crippen molar-refractivity contribution in [2.24, 2.45) is 0 Å². The summed E-state index contributed by atoms with van der Waals surface area (Å²) in [5.74, 6) is 0. The lowest BCUT2D eigenvalue weighted by Gasteiger charge is -2.10. The highest BCUT2D eigenvalue weighted by molar-refractivity contribution is 9.09. The molecule has 0 aromatic heterocycles. The van der Waals surface area contributed by atoms with Crippen LogP contribution in [0.25, 0.3) is 0 Å². The van der Waals surface area contributed by atoms with Gasteiger partial charge in [-0.3, -0.25) is 4.79 Å². The molecule has 1 aromatic rings. The van der Waals surface area contributed by atoms with E-state index in [2.05, 4.69) is 38.8 Å². The molecule has 0 aliphatic carbocycles. The van der Waals surface area contributed by atoms with Crippen molar-refractivity contribution in [1.82, 2.24) is 0 Å². The molecule has 0 spiro atoms. The van der Waals surface area contributed by atoms with E-state index in [1.165, 1.54) is 12.0 Å². The third-order valence-corrected chi connectivity index (χ3v) is 3.69. The van der Waals surface area contributed by atoms with Crippen molar-refractivity contribution in [3.05, 3.63) is 35.4 Å². The van der Waals surface area contributed by atoms with Gasteiger partial charge in [-0.2, -0.15) is 0 Å². The van der Waals surface area contributed by atoms with Crippen LogP contribution in [0.15, 0.2) is 24.3 Å². The van der Waals surface area contributed by atoms with Gasteiger partial charge in [0.1, 0.15) is 6.29 Å². The summed E-state index contributed by atoms with van der Waals surface area (Å²) in [6.45, 7) is 2.17. The second-order valence-corrected chi connectivity index (χ2v) is 6.88. The van der Waals surface area contributed by atoms with Crippen LogP contribution < -0.4 is 0 Å². The van der Waals surface area contributed by atoms with Crippen LogP contribution in [0.3, 0.4) is 0 Å². The Kier molecular flexibility index (Phi) is 6.29. The fraction of sp³-hybridized carbons (Fsp3) is 0.462. The van der Waals surface area contributed by atoms with Crippen LogP contribution in [0.5, 0.6) is 0 Å². The average Bonchev–Trinajstić information content (AvgIpc) is 2.27. The Morgan fingerprint density at radius 1 is 1.19 bits per heavy atom. The second kappa shape index (κ2) is 7.23. The Hall–Kier alpha value is -0.150. The zero-order valence-electron chi connectivity index (χ0n) is 9.33. The van der Waals surface area contributed by atoms with E-state index in [-0.39, 0.29) is 0 Å². The molecular formula is C13H16Br2O. The van der Waals surface area contributed by atoms with Gasteiger partial charge in [0.2, 0.25) is 0 Å². The molecule has 0 aliphatic rings. The number of carbonyl (C=O) groups excluding carboxylic acids is 1. The first-order valence-corrected chi connectivity index (χ1v) is 7.27. The quantitative estimate of drug-likeness (QED) is 0.551. The van der Waals surface area contributed by atoms with Gasteiger partial charge in [0.05, 0.1) is 0 Å². The first-order valence-electron chi connectivity index (χ1n) is 5.44. The number of benzene rings is 1. The maximum absolute atomic E-state index is 10.5. The summed E-state index contributed by atoms with van der Waals surface area (Å²) >= 11 is 7.24. The summed E-state index contributed by atoms with van der Waals surface area (Å²) in [5, 5.41) is 0. The molecule has 16 heavy (non-hydrogen) atoms. The van der Waals surface area contributed by atoms with Crippen molar-refractivity contribution in [3.63, 3.8) is 0 Å². The van der Waals surface area contributed by atoms with E-state index >= 15 is 0 Å². The van der Waals surface area contributed by atoms with Gasteiger partial charge in [0.15, 0.2) is 0 Å². The van der Waals surface area contributed by atoms with E-state index < -0.39 is 0 Å². The van der Waals surface area contributed by atoms with Gasteiger partial charge in [0, 0.05) is 15.2 Å². The Labute approximate surface area is 114 Å². The number of hydrogen-bond acceptors (Lipinski definition) is 1. The van der Waals surface area contributed by atoms with Crippen molar-refractivity contribution in [3.8, 4) is 0 Å². The Balaban J connectivity index is 2.43. The average molecular weight is 348 g/mol. The largest absolute Gasteiger partial charge is 0.298 e. The zero-order chi connectivity index (χ0) is 12.0. The molecule has 0 heterocycles. The minimum atomic E-state index is 0.509. The van der Waals surface area contributed by atoms with E-state index in [9.17, 15) is 4.79 Å². The predicted octanol–water partition coefficient (Wildman–Crippen LogP) is 4.37. The van der Waals surface area contributed by atoms with Gasteiger partial charge in [0.25, 0.3) is 0 Å². The molecule has 0 radical (unpaired) electrons. The zero-order valence-corrected chi connectivity index (χ0v) is 12.5. The van der Waals surface area contributed by atoms with Crippen LogP contribution in [0, 0.1) is 0 Å². The van der Waals surface area contributed by atoms with Crippen molar-refractivity contribution in [1.29, 1.82) is 0 Å². The fourth-order valence-corrected chi connectivity index (χ4v) is 2.40. The smallest absolute Gasteiger partial charge is 0.150 e. The molecular weight excluding hydrogens is 332 g/mol. The monoisotopic (exact) mass is 346 g/mol. The van der Waals surface area contributed by atoms with Gasteiger partial charge in [-0.25, -0.2) is 0 Å². The molecule has 3 heteroatoms. The standard InChI is InChI=1S/C13H16Br2O/c1-10(14)2-7-13(15)8-11-3-5-12(9-16)6-4-11/h3-6,9-10,13H,2,7-8H2,1H3. The van der Waals surface area contributed by atoms with Gasteiger partial charge < -0.3 is 0 Å². The molecule has 2 atom stereocenters. The van der Waals surface area contributed by atoms with Gasteiger partial charge >= 0.3 is 0 Å². The summed E-state index contributed by atoms with van der Waals surface area (Å²) in [4.78, 5) is 11.6. The summed E-state index contributed by atoms with van der Waals surface area (Å²) in [6.07, 6.45) is 4.21. The summed E-state index contributed by atoms with van der Waals surface area (Å²) in [7, 11) is 0. The predicted molar refractivity (Wildman–Crippen MR) is 75.9 cm³/mol. The summed E-state index contributed by atoms with van der Waals surface area (Å²) in [6, 6.07) is 7.79. The molecule has 1 nitrogen and oxygen atoms in total. The Bertz CT molecular complexity index is 319. The first-order chi connectivity index (χ1) is 7.61. The van der Waals surface area contributed by atoms with Crippen LogP contribution in [0.4, 0.5) is 0 Å². The van der Waals surface area contributed by atoms with Crippen molar-refractivity contribution in [2.45, 2.75) is 35.8 Å². The number of alkyl halides is 2. The second-order valence-electron chi connectivity index (χ2n) is 4.02. The highest BCUT2D eigenvalue weighted by Crippen LogP contribution is 2.18. The number of halogens is 2. The van der Waals surface area contributed by atoms with E-state index in [1.807, 2.05) is 24.3 Å². The van der Waals surface area contributed by atoms with Crippen molar-refractivity contribution >= 4 is 38.1 Å². The van der Waals surface area contributed by atoms with E-state index in [1.54, 1.807) is 0 Å². The molecule has 0 aliphatic heterocycles. The summed E-state index contributed by atoms with van der Waals surface area (Å²) < 4.78 is 0. The lowest BCUT2D eigenvalue weighted by Crippen LogP contribution is -2.05. The SMILES string of the molecule is CC(Br)CCC(Br)Cc1ccc(C=O)cc1. The minimum Gasteiger partial charge on any atom is -0.298 e. The molecule has 0 bridgehead atoms. The topological polar surface area (TPSA) is 17.1 Å². The maximum atomic E-state index is 10.5. The van der Waals surface area contributed by atoms with Crippen LogP contribution in [0.1, 0.15) is 35.7 Å². The molecule has 0 saturated heterocycles. The molecule has 0 saturated carbocycles. The molecule has 0 fully saturated rings. The van der Waals surface area contributed by atoms with Crippen molar-refractivity contribution < 1.29 is 4.79 Å². The minimum absolute atomic E-state index is 0.509. The van der Waals surface area contributed by atoms with Crippen LogP contribution in [0.2, 0.25) is 0 Å². The van der Waals surface area contributed by atoms with Crippen molar-refractivity contribution in [2.75, 3.05) is 0 Å². The highest BCUT2D eigenvalue weighted by atomic mass is 79.9. The van der Waals surface area contributed by atoms with Crippen LogP contribution in [-0.2, 0) is 6.42 Å². The Morgan fingerprint density at radius 2 is 1.81 bits per heavy atom. The number of hydrogen-bond donors (Lipinski definition) is 0. The van der Waals surface area contributed by atoms with Crippen LogP contribution in [-0.4, -0.2) is 15.9 Å². The van der Waals surface area contributed by atoms with E-state index in [0.29, 0.717) is 9.65 Å². The number of carbonyl (C=O) groups is 1. The number of rotatable bonds is 6. The maximum Gasteiger partial charge on any atom is 0.150 e. The molecule has 2 unspecified atom stereocenters. The summed E-state index contributed by atoms with van der Waals surface area (Å²) in [5.41, 5.74) is 2.01. The number of aldehydes is 1. The molecule has 88 valence electrons. The van der Waals surface area contributed by atoms with E-state index in [4.69, 9.17) is 0 Å². The van der Waals surface area contributed by atoms with Gasteiger partial charge in [-0.15, -0.1) is 0 Å². The van der Waals surface area contributed by atoms with Gasteiger partial charge in [-0.05, 0) is 24.8 Å². The fourth-order valence-electron chi connectivity index (χ4n) is 1.50. The molecule has 1 aromatic carbocycles. The highest BCUT2D eigenvalue weighted by Gasteiger charge is 2.07. The van der Waals surface area contributed by atoms with E-state index in [0.717, 1.165) is 24.7 Å². The third-order valence-electron chi connectivity index (χ3n) is 2.45. The third kappa shape index (κ3) is 5.26. The lowest BCUT2D eigenvalue weighted by molar-refractivity contribution is 0.112. The Morgan fingerprint density at radius 3 is 2.31 bits per heavy atom. The molecule has 0 amide bonds.